The van der Waals surface area contributed by atoms with Crippen LogP contribution in [0, 0.1) is 11.8 Å². The van der Waals surface area contributed by atoms with Gasteiger partial charge in [0.1, 0.15) is 0 Å². The van der Waals surface area contributed by atoms with Crippen molar-refractivity contribution < 1.29 is 0 Å². The molecular formula is C15H32N2. The lowest BCUT2D eigenvalue weighted by atomic mass is 10.00. The molecule has 0 aromatic heterocycles. The van der Waals surface area contributed by atoms with E-state index in [1.807, 2.05) is 0 Å². The van der Waals surface area contributed by atoms with Crippen molar-refractivity contribution in [3.05, 3.63) is 0 Å². The van der Waals surface area contributed by atoms with E-state index in [2.05, 4.69) is 44.8 Å². The minimum Gasteiger partial charge on any atom is -0.315 e. The first-order valence-electron chi connectivity index (χ1n) is 7.52. The summed E-state index contributed by atoms with van der Waals surface area (Å²) >= 11 is 0. The average molecular weight is 240 g/mol. The fourth-order valence-electron chi connectivity index (χ4n) is 3.02. The van der Waals surface area contributed by atoms with E-state index >= 15 is 0 Å². The van der Waals surface area contributed by atoms with Gasteiger partial charge in [-0.15, -0.1) is 0 Å². The molecule has 2 heteroatoms. The Bertz CT molecular complexity index is 201. The van der Waals surface area contributed by atoms with Crippen molar-refractivity contribution in [3.8, 4) is 0 Å². The third kappa shape index (κ3) is 4.59. The zero-order valence-corrected chi connectivity index (χ0v) is 12.5. The predicted octanol–water partition coefficient (Wildman–Crippen LogP) is 3.13. The molecule has 0 amide bonds. The summed E-state index contributed by atoms with van der Waals surface area (Å²) in [5, 5.41) is 3.63. The molecule has 2 unspecified atom stereocenters. The number of hydrogen-bond acceptors (Lipinski definition) is 2. The Morgan fingerprint density at radius 3 is 2.41 bits per heavy atom. The number of nitrogens with zero attached hydrogens (tertiary/aromatic N) is 1. The quantitative estimate of drug-likeness (QED) is 0.735. The third-order valence-electron chi connectivity index (χ3n) is 3.98. The first kappa shape index (κ1) is 15.0. The number of likely N-dealkylation sites (tertiary alicyclic amines) is 1. The van der Waals surface area contributed by atoms with Crippen LogP contribution < -0.4 is 5.32 Å². The molecule has 1 N–H and O–H groups in total. The molecule has 1 fully saturated rings. The van der Waals surface area contributed by atoms with E-state index in [0.29, 0.717) is 0 Å². The zero-order valence-electron chi connectivity index (χ0n) is 12.5. The van der Waals surface area contributed by atoms with Gasteiger partial charge in [0, 0.05) is 18.6 Å². The van der Waals surface area contributed by atoms with Crippen LogP contribution in [0.3, 0.4) is 0 Å². The van der Waals surface area contributed by atoms with Gasteiger partial charge in [0.25, 0.3) is 0 Å². The second-order valence-corrected chi connectivity index (χ2v) is 6.31. The fourth-order valence-corrected chi connectivity index (χ4v) is 3.02. The van der Waals surface area contributed by atoms with Gasteiger partial charge >= 0.3 is 0 Å². The molecule has 0 aliphatic carbocycles. The average Bonchev–Trinajstić information content (AvgIpc) is 2.72. The maximum atomic E-state index is 3.63. The van der Waals surface area contributed by atoms with E-state index in [0.717, 1.165) is 37.0 Å². The van der Waals surface area contributed by atoms with E-state index in [1.165, 1.54) is 25.8 Å². The molecule has 0 saturated carbocycles. The monoisotopic (exact) mass is 240 g/mol. The van der Waals surface area contributed by atoms with Crippen LogP contribution in [0.15, 0.2) is 0 Å². The topological polar surface area (TPSA) is 15.3 Å². The molecule has 2 atom stereocenters. The van der Waals surface area contributed by atoms with Crippen molar-refractivity contribution >= 4 is 0 Å². The molecule has 1 saturated heterocycles. The van der Waals surface area contributed by atoms with E-state index < -0.39 is 0 Å². The van der Waals surface area contributed by atoms with Gasteiger partial charge in [-0.2, -0.15) is 0 Å². The molecule has 2 nitrogen and oxygen atoms in total. The van der Waals surface area contributed by atoms with Crippen molar-refractivity contribution in [2.75, 3.05) is 19.6 Å². The lowest BCUT2D eigenvalue weighted by molar-refractivity contribution is 0.139. The van der Waals surface area contributed by atoms with Crippen LogP contribution >= 0.6 is 0 Å². The van der Waals surface area contributed by atoms with E-state index in [1.54, 1.807) is 0 Å². The number of hydrogen-bond donors (Lipinski definition) is 1. The lowest BCUT2D eigenvalue weighted by Crippen LogP contribution is -2.46. The van der Waals surface area contributed by atoms with Gasteiger partial charge in [0.05, 0.1) is 0 Å². The predicted molar refractivity (Wildman–Crippen MR) is 76.4 cm³/mol. The fraction of sp³-hybridized carbons (Fsp3) is 1.00. The van der Waals surface area contributed by atoms with Gasteiger partial charge in [0.2, 0.25) is 0 Å². The highest BCUT2D eigenvalue weighted by Crippen LogP contribution is 2.26. The van der Waals surface area contributed by atoms with Crippen molar-refractivity contribution in [1.29, 1.82) is 0 Å². The maximum Gasteiger partial charge on any atom is 0.0221 e. The van der Waals surface area contributed by atoms with Gasteiger partial charge < -0.3 is 5.32 Å². The van der Waals surface area contributed by atoms with Crippen molar-refractivity contribution in [2.45, 2.75) is 66.0 Å². The maximum absolute atomic E-state index is 3.63. The first-order valence-corrected chi connectivity index (χ1v) is 7.52. The normalized spacial score (nSPS) is 23.8. The van der Waals surface area contributed by atoms with Gasteiger partial charge in [-0.1, -0.05) is 34.6 Å². The van der Waals surface area contributed by atoms with Crippen LogP contribution in [-0.2, 0) is 0 Å². The molecule has 1 aliphatic rings. The van der Waals surface area contributed by atoms with Gasteiger partial charge in [-0.3, -0.25) is 4.90 Å². The summed E-state index contributed by atoms with van der Waals surface area (Å²) in [4.78, 5) is 2.76. The highest BCUT2D eigenvalue weighted by Gasteiger charge is 2.31. The molecule has 1 aliphatic heterocycles. The minimum absolute atomic E-state index is 0.739. The minimum atomic E-state index is 0.739. The van der Waals surface area contributed by atoms with E-state index in [-0.39, 0.29) is 0 Å². The zero-order chi connectivity index (χ0) is 12.8. The molecule has 0 aromatic rings. The van der Waals surface area contributed by atoms with E-state index in [9.17, 15) is 0 Å². The Balaban J connectivity index is 2.42. The molecular weight excluding hydrogens is 208 g/mol. The number of nitrogens with one attached hydrogen (secondary N) is 1. The third-order valence-corrected chi connectivity index (χ3v) is 3.98. The van der Waals surface area contributed by atoms with Crippen molar-refractivity contribution in [2.24, 2.45) is 11.8 Å². The summed E-state index contributed by atoms with van der Waals surface area (Å²) in [5.41, 5.74) is 0. The van der Waals surface area contributed by atoms with Gasteiger partial charge in [0.15, 0.2) is 0 Å². The molecule has 1 heterocycles. The van der Waals surface area contributed by atoms with Crippen LogP contribution in [-0.4, -0.2) is 36.6 Å². The molecule has 0 bridgehead atoms. The SMILES string of the molecule is CCC(CNCC(C)C)N1CCCC1C(C)C. The largest absolute Gasteiger partial charge is 0.315 e. The molecule has 1 rings (SSSR count). The molecule has 17 heavy (non-hydrogen) atoms. The molecule has 0 spiro atoms. The molecule has 0 aromatic carbocycles. The highest BCUT2D eigenvalue weighted by molar-refractivity contribution is 4.87. The van der Waals surface area contributed by atoms with Crippen molar-refractivity contribution in [1.82, 2.24) is 10.2 Å². The first-order chi connectivity index (χ1) is 8.06. The summed E-state index contributed by atoms with van der Waals surface area (Å²) in [6.07, 6.45) is 4.07. The van der Waals surface area contributed by atoms with Gasteiger partial charge in [-0.05, 0) is 44.2 Å². The van der Waals surface area contributed by atoms with Crippen LogP contribution in [0.25, 0.3) is 0 Å². The smallest absolute Gasteiger partial charge is 0.0221 e. The lowest BCUT2D eigenvalue weighted by Gasteiger charge is -2.35. The van der Waals surface area contributed by atoms with Gasteiger partial charge in [-0.25, -0.2) is 0 Å². The molecule has 0 radical (unpaired) electrons. The van der Waals surface area contributed by atoms with Crippen LogP contribution in [0.2, 0.25) is 0 Å². The second kappa shape index (κ2) is 7.38. The summed E-state index contributed by atoms with van der Waals surface area (Å²) < 4.78 is 0. The Kier molecular flexibility index (Phi) is 6.50. The Morgan fingerprint density at radius 1 is 1.18 bits per heavy atom. The standard InChI is InChI=1S/C15H32N2/c1-6-14(11-16-10-12(2)3)17-9-7-8-15(17)13(4)5/h12-16H,6-11H2,1-5H3. The second-order valence-electron chi connectivity index (χ2n) is 6.31. The Labute approximate surface area is 108 Å². The summed E-state index contributed by atoms with van der Waals surface area (Å²) in [5.74, 6) is 1.56. The Hall–Kier alpha value is -0.0800. The van der Waals surface area contributed by atoms with Crippen LogP contribution in [0.1, 0.15) is 53.9 Å². The van der Waals surface area contributed by atoms with Crippen LogP contribution in [0.5, 0.6) is 0 Å². The van der Waals surface area contributed by atoms with Crippen LogP contribution in [0.4, 0.5) is 0 Å². The van der Waals surface area contributed by atoms with Crippen molar-refractivity contribution in [3.63, 3.8) is 0 Å². The highest BCUT2D eigenvalue weighted by atomic mass is 15.2. The molecule has 102 valence electrons. The summed E-state index contributed by atoms with van der Waals surface area (Å²) in [6, 6.07) is 1.56. The summed E-state index contributed by atoms with van der Waals surface area (Å²) in [6.45, 7) is 15.3. The van der Waals surface area contributed by atoms with E-state index in [4.69, 9.17) is 0 Å². The number of rotatable bonds is 7. The Morgan fingerprint density at radius 2 is 1.88 bits per heavy atom. The summed E-state index contributed by atoms with van der Waals surface area (Å²) in [7, 11) is 0.